The fourth-order valence-corrected chi connectivity index (χ4v) is 6.22. The van der Waals surface area contributed by atoms with Crippen molar-refractivity contribution in [3.05, 3.63) is 29.3 Å². The van der Waals surface area contributed by atoms with Gasteiger partial charge in [0, 0.05) is 11.5 Å². The first-order valence-corrected chi connectivity index (χ1v) is 12.0. The molecule has 0 aromatic heterocycles. The lowest BCUT2D eigenvalue weighted by atomic mass is 9.53. The van der Waals surface area contributed by atoms with Crippen molar-refractivity contribution in [2.75, 3.05) is 13.3 Å². The highest BCUT2D eigenvalue weighted by molar-refractivity contribution is 5.60. The number of benzene rings is 1. The molecule has 0 amide bonds. The molecule has 1 heterocycles. The van der Waals surface area contributed by atoms with Crippen LogP contribution in [0.5, 0.6) is 5.75 Å². The zero-order valence-electron chi connectivity index (χ0n) is 18.6. The van der Waals surface area contributed by atoms with Gasteiger partial charge >= 0.3 is 6.16 Å². The molecule has 2 bridgehead atoms. The third-order valence-electron chi connectivity index (χ3n) is 7.51. The molecule has 3 aliphatic rings. The molecule has 2 aliphatic carbocycles. The quantitative estimate of drug-likeness (QED) is 0.449. The molecule has 30 heavy (non-hydrogen) atoms. The van der Waals surface area contributed by atoms with Gasteiger partial charge in [-0.1, -0.05) is 45.6 Å². The number of ether oxygens (including phenoxy) is 3. The molecule has 1 saturated heterocycles. The number of hydrogen-bond donors (Lipinski definition) is 1. The minimum Gasteiger partial charge on any atom is -0.457 e. The summed E-state index contributed by atoms with van der Waals surface area (Å²) in [5.74, 6) is 1.53. The van der Waals surface area contributed by atoms with Gasteiger partial charge in [0.2, 0.25) is 6.79 Å². The van der Waals surface area contributed by atoms with Gasteiger partial charge in [-0.05, 0) is 74.2 Å². The lowest BCUT2D eigenvalue weighted by molar-refractivity contribution is -0.0189. The van der Waals surface area contributed by atoms with E-state index in [2.05, 4.69) is 31.3 Å². The number of carbonyl (C=O) groups excluding carboxylic acids is 1. The summed E-state index contributed by atoms with van der Waals surface area (Å²) < 4.78 is 16.5. The Morgan fingerprint density at radius 3 is 2.83 bits per heavy atom. The highest BCUT2D eigenvalue weighted by Gasteiger charge is 2.51. The van der Waals surface area contributed by atoms with Crippen molar-refractivity contribution in [1.82, 2.24) is 5.32 Å². The van der Waals surface area contributed by atoms with E-state index in [0.29, 0.717) is 11.5 Å². The van der Waals surface area contributed by atoms with E-state index in [1.54, 1.807) is 0 Å². The second-order valence-electron chi connectivity index (χ2n) is 9.32. The Morgan fingerprint density at radius 2 is 2.03 bits per heavy atom. The maximum Gasteiger partial charge on any atom is 0.511 e. The van der Waals surface area contributed by atoms with Gasteiger partial charge in [0.1, 0.15) is 11.9 Å². The van der Waals surface area contributed by atoms with Crippen molar-refractivity contribution in [2.24, 2.45) is 5.92 Å². The third-order valence-corrected chi connectivity index (χ3v) is 7.51. The summed E-state index contributed by atoms with van der Waals surface area (Å²) in [5, 5.41) is 3.78. The average molecular weight is 416 g/mol. The minimum absolute atomic E-state index is 0.0635. The number of carbonyl (C=O) groups is 1. The van der Waals surface area contributed by atoms with E-state index in [-0.39, 0.29) is 12.9 Å². The van der Waals surface area contributed by atoms with Gasteiger partial charge in [0.25, 0.3) is 0 Å². The lowest BCUT2D eigenvalue weighted by Crippen LogP contribution is -2.59. The molecular formula is C25H37NO4. The van der Waals surface area contributed by atoms with Crippen molar-refractivity contribution in [3.63, 3.8) is 0 Å². The molecule has 1 aromatic carbocycles. The van der Waals surface area contributed by atoms with Crippen molar-refractivity contribution in [3.8, 4) is 5.75 Å². The summed E-state index contributed by atoms with van der Waals surface area (Å²) in [5.41, 5.74) is 3.24. The van der Waals surface area contributed by atoms with E-state index in [4.69, 9.17) is 14.2 Å². The highest BCUT2D eigenvalue weighted by atomic mass is 16.8. The second kappa shape index (κ2) is 9.59. The predicted molar refractivity (Wildman–Crippen MR) is 117 cm³/mol. The van der Waals surface area contributed by atoms with E-state index in [1.165, 1.54) is 43.2 Å². The highest BCUT2D eigenvalue weighted by Crippen LogP contribution is 2.54. The number of fused-ring (bicyclic) bond motifs is 1. The first-order valence-electron chi connectivity index (χ1n) is 12.0. The lowest BCUT2D eigenvalue weighted by Gasteiger charge is -2.56. The summed E-state index contributed by atoms with van der Waals surface area (Å²) in [6, 6.07) is 7.07. The van der Waals surface area contributed by atoms with Gasteiger partial charge in [-0.25, -0.2) is 4.79 Å². The Balaban J connectivity index is 1.38. The normalized spacial score (nSPS) is 27.2. The monoisotopic (exact) mass is 415 g/mol. The third kappa shape index (κ3) is 4.32. The van der Waals surface area contributed by atoms with Crippen LogP contribution in [0.3, 0.4) is 0 Å². The zero-order valence-corrected chi connectivity index (χ0v) is 18.6. The molecule has 5 heteroatoms. The summed E-state index contributed by atoms with van der Waals surface area (Å²) in [6.07, 6.45) is 10.6. The molecule has 3 atom stereocenters. The first-order chi connectivity index (χ1) is 14.7. The molecule has 1 aliphatic heterocycles. The Labute approximate surface area is 180 Å². The minimum atomic E-state index is -0.632. The maximum absolute atomic E-state index is 12.0. The van der Waals surface area contributed by atoms with Crippen molar-refractivity contribution < 1.29 is 19.0 Å². The maximum atomic E-state index is 12.0. The summed E-state index contributed by atoms with van der Waals surface area (Å²) in [4.78, 5) is 12.0. The van der Waals surface area contributed by atoms with Gasteiger partial charge < -0.3 is 19.5 Å². The van der Waals surface area contributed by atoms with Crippen molar-refractivity contribution >= 4 is 6.16 Å². The van der Waals surface area contributed by atoms with Gasteiger partial charge in [-0.3, -0.25) is 0 Å². The number of nitrogens with one attached hydrogen (secondary N) is 1. The van der Waals surface area contributed by atoms with Gasteiger partial charge in [0.15, 0.2) is 0 Å². The second-order valence-corrected chi connectivity index (χ2v) is 9.32. The molecule has 1 saturated carbocycles. The van der Waals surface area contributed by atoms with E-state index in [1.807, 2.05) is 6.07 Å². The Bertz CT molecular complexity index is 726. The summed E-state index contributed by atoms with van der Waals surface area (Å²) in [6.45, 7) is 5.19. The SMILES string of the molecule is CCCC(CCC)OC(=O)OCOc1ccc2c(c1)[C@]13CCCC[C@@H]1[C@H](C2)NCC3. The molecule has 1 aromatic rings. The van der Waals surface area contributed by atoms with Gasteiger partial charge in [-0.15, -0.1) is 0 Å². The fraction of sp³-hybridized carbons (Fsp3) is 0.720. The largest absolute Gasteiger partial charge is 0.511 e. The molecule has 166 valence electrons. The summed E-state index contributed by atoms with van der Waals surface area (Å²) in [7, 11) is 0. The molecule has 0 spiro atoms. The van der Waals surface area contributed by atoms with Crippen LogP contribution in [-0.2, 0) is 21.3 Å². The van der Waals surface area contributed by atoms with Crippen molar-refractivity contribution in [2.45, 2.75) is 95.6 Å². The van der Waals surface area contributed by atoms with E-state index in [9.17, 15) is 4.79 Å². The van der Waals surface area contributed by atoms with Crippen LogP contribution in [0.15, 0.2) is 18.2 Å². The Morgan fingerprint density at radius 1 is 1.20 bits per heavy atom. The smallest absolute Gasteiger partial charge is 0.457 e. The van der Waals surface area contributed by atoms with Gasteiger partial charge in [-0.2, -0.15) is 0 Å². The molecule has 0 radical (unpaired) electrons. The Hall–Kier alpha value is -1.75. The first kappa shape index (κ1) is 21.5. The average Bonchev–Trinajstić information content (AvgIpc) is 2.74. The molecule has 1 N–H and O–H groups in total. The van der Waals surface area contributed by atoms with Crippen molar-refractivity contribution in [1.29, 1.82) is 0 Å². The van der Waals surface area contributed by atoms with Crippen LogP contribution in [0, 0.1) is 5.92 Å². The molecular weight excluding hydrogens is 378 g/mol. The predicted octanol–water partition coefficient (Wildman–Crippen LogP) is 5.49. The fourth-order valence-electron chi connectivity index (χ4n) is 6.22. The zero-order chi connectivity index (χ0) is 21.0. The number of hydrogen-bond acceptors (Lipinski definition) is 5. The Kier molecular flexibility index (Phi) is 6.87. The van der Waals surface area contributed by atoms with Crippen LogP contribution in [0.25, 0.3) is 0 Å². The van der Waals surface area contributed by atoms with Gasteiger partial charge in [0.05, 0.1) is 0 Å². The molecule has 2 fully saturated rings. The summed E-state index contributed by atoms with van der Waals surface area (Å²) >= 11 is 0. The van der Waals surface area contributed by atoms with Crippen LogP contribution in [-0.4, -0.2) is 31.6 Å². The standard InChI is InChI=1S/C25H37NO4/c1-3-7-19(8-4-2)30-24(27)29-17-28-20-11-10-18-15-23-21-9-5-6-12-25(21,13-14-26-23)22(18)16-20/h10-11,16,19,21,23,26H,3-9,12-15,17H2,1-2H3/t21-,23+,25+/m1/s1. The van der Waals surface area contributed by atoms with Crippen LogP contribution in [0.1, 0.15) is 82.8 Å². The molecule has 4 rings (SSSR count). The van der Waals surface area contributed by atoms with Crippen LogP contribution >= 0.6 is 0 Å². The topological polar surface area (TPSA) is 56.8 Å². The van der Waals surface area contributed by atoms with E-state index in [0.717, 1.165) is 50.3 Å². The van der Waals surface area contributed by atoms with E-state index >= 15 is 0 Å². The van der Waals surface area contributed by atoms with Crippen LogP contribution in [0.2, 0.25) is 0 Å². The number of piperidine rings is 1. The van der Waals surface area contributed by atoms with Crippen LogP contribution < -0.4 is 10.1 Å². The molecule has 0 unspecified atom stereocenters. The molecule has 5 nitrogen and oxygen atoms in total. The van der Waals surface area contributed by atoms with E-state index < -0.39 is 6.16 Å². The van der Waals surface area contributed by atoms with Crippen LogP contribution in [0.4, 0.5) is 4.79 Å². The number of rotatable bonds is 8.